The molecule has 8 heteroatoms. The van der Waals surface area contributed by atoms with E-state index in [2.05, 4.69) is 97.9 Å². The van der Waals surface area contributed by atoms with Gasteiger partial charge in [0.15, 0.2) is 0 Å². The van der Waals surface area contributed by atoms with Crippen molar-refractivity contribution in [3.05, 3.63) is 144 Å². The molecule has 0 radical (unpaired) electrons. The zero-order chi connectivity index (χ0) is 32.3. The van der Waals surface area contributed by atoms with E-state index in [0.29, 0.717) is 5.39 Å². The van der Waals surface area contributed by atoms with Crippen LogP contribution in [0.1, 0.15) is 68.6 Å². The number of benzene rings is 5. The molecule has 0 aliphatic carbocycles. The second kappa shape index (κ2) is 15.5. The molecule has 0 atom stereocenters. The highest BCUT2D eigenvalue weighted by atomic mass is 32.2. The summed E-state index contributed by atoms with van der Waals surface area (Å²) in [5, 5.41) is 0.857. The van der Waals surface area contributed by atoms with E-state index in [9.17, 15) is 16.8 Å². The minimum atomic E-state index is -4.35. The fourth-order valence-corrected chi connectivity index (χ4v) is 6.83. The zero-order valence-corrected chi connectivity index (χ0v) is 27.1. The molecule has 5 aromatic rings. The molecule has 0 fully saturated rings. The van der Waals surface area contributed by atoms with Crippen molar-refractivity contribution in [1.29, 1.82) is 0 Å². The zero-order valence-electron chi connectivity index (χ0n) is 25.4. The summed E-state index contributed by atoms with van der Waals surface area (Å²) in [5.74, 6) is 0. The number of fused-ring (bicyclic) bond motifs is 1. The Kier molecular flexibility index (Phi) is 11.7. The van der Waals surface area contributed by atoms with Crippen LogP contribution in [0.5, 0.6) is 0 Å². The fourth-order valence-electron chi connectivity index (χ4n) is 5.80. The van der Waals surface area contributed by atoms with Crippen LogP contribution in [0.15, 0.2) is 137 Å². The van der Waals surface area contributed by atoms with Gasteiger partial charge in [0.1, 0.15) is 0 Å². The Morgan fingerprint density at radius 3 is 1.24 bits per heavy atom. The van der Waals surface area contributed by atoms with Crippen LogP contribution in [-0.4, -0.2) is 25.9 Å². The first-order valence-electron chi connectivity index (χ1n) is 15.2. The van der Waals surface area contributed by atoms with Crippen LogP contribution < -0.4 is 0 Å². The summed E-state index contributed by atoms with van der Waals surface area (Å²) in [4.78, 5) is -0.690. The molecule has 5 aromatic carbocycles. The van der Waals surface area contributed by atoms with Crippen LogP contribution >= 0.6 is 0 Å². The maximum Gasteiger partial charge on any atom is 0.294 e. The summed E-state index contributed by atoms with van der Waals surface area (Å²) in [6.07, 6.45) is 9.10. The average Bonchev–Trinajstić information content (AvgIpc) is 3.05. The standard InChI is InChI=1S/C27H32.C10H8O6S2/c1-2-3-4-5-6-16-23-27(24-17-10-7-11-18-24,25-19-12-8-13-20-25)26-21-14-9-15-22-26;11-17(12,13)9-3-1-7-2-4-10(18(14,15)16)6-8(7)5-9/h7-15,17-22H,2-6,16,23H2,1H3;1-6H,(H,11,12,13)(H,14,15,16). The minimum absolute atomic E-state index is 0.0749. The van der Waals surface area contributed by atoms with E-state index in [1.54, 1.807) is 0 Å². The normalized spacial score (nSPS) is 12.0. The van der Waals surface area contributed by atoms with Gasteiger partial charge in [0.05, 0.1) is 9.79 Å². The molecule has 2 N–H and O–H groups in total. The topological polar surface area (TPSA) is 109 Å². The maximum atomic E-state index is 10.9. The van der Waals surface area contributed by atoms with Crippen molar-refractivity contribution in [1.82, 2.24) is 0 Å². The van der Waals surface area contributed by atoms with E-state index in [1.165, 1.54) is 79.5 Å². The lowest BCUT2D eigenvalue weighted by Crippen LogP contribution is -2.29. The van der Waals surface area contributed by atoms with Crippen molar-refractivity contribution in [2.24, 2.45) is 0 Å². The van der Waals surface area contributed by atoms with Crippen molar-refractivity contribution in [2.45, 2.75) is 67.1 Å². The number of rotatable bonds is 12. The SMILES string of the molecule is CCCCCCCCC(c1ccccc1)(c1ccccc1)c1ccccc1.O=S(=O)(O)c1ccc2ccc(S(=O)(=O)O)cc2c1. The van der Waals surface area contributed by atoms with E-state index >= 15 is 0 Å². The summed E-state index contributed by atoms with van der Waals surface area (Å²) >= 11 is 0. The number of hydrogen-bond donors (Lipinski definition) is 2. The van der Waals surface area contributed by atoms with Gasteiger partial charge in [-0.3, -0.25) is 9.11 Å². The Morgan fingerprint density at radius 1 is 0.489 bits per heavy atom. The molecule has 0 saturated heterocycles. The van der Waals surface area contributed by atoms with Gasteiger partial charge in [0.2, 0.25) is 0 Å². The first-order chi connectivity index (χ1) is 21.6. The molecule has 6 nitrogen and oxygen atoms in total. The van der Waals surface area contributed by atoms with Crippen LogP contribution in [-0.2, 0) is 25.7 Å². The Hall–Kier alpha value is -3.82. The average molecular weight is 645 g/mol. The van der Waals surface area contributed by atoms with E-state index in [-0.39, 0.29) is 20.6 Å². The van der Waals surface area contributed by atoms with Gasteiger partial charge in [0.25, 0.3) is 20.2 Å². The molecule has 0 aliphatic heterocycles. The summed E-state index contributed by atoms with van der Waals surface area (Å²) < 4.78 is 61.5. The molecular formula is C37H40O6S2. The summed E-state index contributed by atoms with van der Waals surface area (Å²) in [7, 11) is -8.71. The van der Waals surface area contributed by atoms with Gasteiger partial charge in [-0.2, -0.15) is 16.8 Å². The van der Waals surface area contributed by atoms with Gasteiger partial charge in [-0.1, -0.05) is 149 Å². The van der Waals surface area contributed by atoms with Crippen molar-refractivity contribution in [3.63, 3.8) is 0 Å². The Morgan fingerprint density at radius 2 is 0.867 bits per heavy atom. The lowest BCUT2D eigenvalue weighted by molar-refractivity contribution is 0.481. The Labute approximate surface area is 267 Å². The maximum absolute atomic E-state index is 10.9. The largest absolute Gasteiger partial charge is 0.294 e. The molecular weight excluding hydrogens is 605 g/mol. The van der Waals surface area contributed by atoms with Crippen LogP contribution in [0.3, 0.4) is 0 Å². The van der Waals surface area contributed by atoms with Gasteiger partial charge < -0.3 is 0 Å². The molecule has 236 valence electrons. The van der Waals surface area contributed by atoms with E-state index in [1.807, 2.05) is 0 Å². The quantitative estimate of drug-likeness (QED) is 0.0797. The molecule has 5 rings (SSSR count). The third-order valence-corrected chi connectivity index (χ3v) is 9.78. The third-order valence-electron chi connectivity index (χ3n) is 8.08. The van der Waals surface area contributed by atoms with Crippen molar-refractivity contribution in [2.75, 3.05) is 0 Å². The number of hydrogen-bond acceptors (Lipinski definition) is 4. The van der Waals surface area contributed by atoms with Gasteiger partial charge in [-0.25, -0.2) is 0 Å². The smallest absolute Gasteiger partial charge is 0.282 e. The highest BCUT2D eigenvalue weighted by Crippen LogP contribution is 2.43. The van der Waals surface area contributed by atoms with Crippen LogP contribution in [0, 0.1) is 0 Å². The molecule has 0 bridgehead atoms. The predicted octanol–water partition coefficient (Wildman–Crippen LogP) is 9.10. The van der Waals surface area contributed by atoms with Gasteiger partial charge in [-0.15, -0.1) is 0 Å². The highest BCUT2D eigenvalue weighted by molar-refractivity contribution is 7.86. The summed E-state index contributed by atoms with van der Waals surface area (Å²) in [6, 6.07) is 40.7. The van der Waals surface area contributed by atoms with E-state index < -0.39 is 20.2 Å². The van der Waals surface area contributed by atoms with Crippen LogP contribution in [0.2, 0.25) is 0 Å². The van der Waals surface area contributed by atoms with Crippen molar-refractivity contribution in [3.8, 4) is 0 Å². The molecule has 0 aromatic heterocycles. The lowest BCUT2D eigenvalue weighted by Gasteiger charge is -2.36. The first kappa shape index (κ1) is 34.1. The Balaban J connectivity index is 0.000000222. The summed E-state index contributed by atoms with van der Waals surface area (Å²) in [6.45, 7) is 2.28. The molecule has 0 aliphatic rings. The van der Waals surface area contributed by atoms with E-state index in [0.717, 1.165) is 18.6 Å². The molecule has 0 heterocycles. The van der Waals surface area contributed by atoms with Gasteiger partial charge in [-0.05, 0) is 58.1 Å². The monoisotopic (exact) mass is 644 g/mol. The predicted molar refractivity (Wildman–Crippen MR) is 181 cm³/mol. The molecule has 0 amide bonds. The number of unbranched alkanes of at least 4 members (excludes halogenated alkanes) is 5. The Bertz CT molecular complexity index is 1710. The van der Waals surface area contributed by atoms with Crippen molar-refractivity contribution >= 4 is 31.0 Å². The molecule has 0 saturated carbocycles. The van der Waals surface area contributed by atoms with Crippen LogP contribution in [0.4, 0.5) is 0 Å². The van der Waals surface area contributed by atoms with Crippen molar-refractivity contribution < 1.29 is 25.9 Å². The lowest BCUT2D eigenvalue weighted by atomic mass is 9.66. The van der Waals surface area contributed by atoms with E-state index in [4.69, 9.17) is 9.11 Å². The molecule has 45 heavy (non-hydrogen) atoms. The summed E-state index contributed by atoms with van der Waals surface area (Å²) in [5.41, 5.74) is 4.12. The minimum Gasteiger partial charge on any atom is -0.282 e. The second-order valence-electron chi connectivity index (χ2n) is 11.1. The molecule has 0 unspecified atom stereocenters. The third kappa shape index (κ3) is 8.89. The van der Waals surface area contributed by atoms with Crippen LogP contribution in [0.25, 0.3) is 10.8 Å². The highest BCUT2D eigenvalue weighted by Gasteiger charge is 2.35. The van der Waals surface area contributed by atoms with Gasteiger partial charge in [0, 0.05) is 5.41 Å². The second-order valence-corrected chi connectivity index (χ2v) is 14.0. The van der Waals surface area contributed by atoms with Gasteiger partial charge >= 0.3 is 0 Å². The fraction of sp³-hybridized carbons (Fsp3) is 0.243. The first-order valence-corrected chi connectivity index (χ1v) is 18.1. The molecule has 0 spiro atoms.